The molecule has 0 aliphatic heterocycles. The number of furan rings is 1. The molecule has 0 fully saturated rings. The maximum atomic E-state index is 6.26. The van der Waals surface area contributed by atoms with Gasteiger partial charge < -0.3 is 9.15 Å². The Morgan fingerprint density at radius 3 is 2.65 bits per heavy atom. The van der Waals surface area contributed by atoms with Crippen molar-refractivity contribution >= 4 is 22.6 Å². The van der Waals surface area contributed by atoms with Gasteiger partial charge in [0.1, 0.15) is 23.7 Å². The molecule has 0 aliphatic rings. The second kappa shape index (κ2) is 5.59. The van der Waals surface area contributed by atoms with E-state index < -0.39 is 0 Å². The predicted molar refractivity (Wildman–Crippen MR) is 81.4 cm³/mol. The largest absolute Gasteiger partial charge is 0.487 e. The summed E-state index contributed by atoms with van der Waals surface area (Å²) in [5.74, 6) is 1.61. The van der Waals surface area contributed by atoms with E-state index in [0.717, 1.165) is 28.7 Å². The van der Waals surface area contributed by atoms with Crippen LogP contribution in [-0.4, -0.2) is 0 Å². The molecule has 2 nitrogen and oxygen atoms in total. The molecule has 0 atom stereocenters. The van der Waals surface area contributed by atoms with Crippen molar-refractivity contribution in [3.8, 4) is 5.75 Å². The molecular weight excluding hydrogens is 272 g/mol. The van der Waals surface area contributed by atoms with Crippen molar-refractivity contribution in [3.05, 3.63) is 64.9 Å². The number of benzene rings is 2. The van der Waals surface area contributed by atoms with E-state index in [1.54, 1.807) is 0 Å². The highest BCUT2D eigenvalue weighted by Crippen LogP contribution is 2.32. The summed E-state index contributed by atoms with van der Waals surface area (Å²) < 4.78 is 11.5. The predicted octanol–water partition coefficient (Wildman–Crippen LogP) is 5.23. The summed E-state index contributed by atoms with van der Waals surface area (Å²) in [7, 11) is 0. The molecule has 0 saturated carbocycles. The minimum atomic E-state index is 0.493. The topological polar surface area (TPSA) is 22.4 Å². The fraction of sp³-hybridized carbons (Fsp3) is 0.176. The molecule has 102 valence electrons. The van der Waals surface area contributed by atoms with Crippen LogP contribution < -0.4 is 4.74 Å². The molecule has 0 amide bonds. The van der Waals surface area contributed by atoms with Crippen molar-refractivity contribution in [2.45, 2.75) is 20.0 Å². The summed E-state index contributed by atoms with van der Waals surface area (Å²) in [6, 6.07) is 15.8. The number of ether oxygens (including phenoxy) is 1. The number of halogens is 1. The molecular formula is C17H15ClO2. The lowest BCUT2D eigenvalue weighted by Crippen LogP contribution is -1.95. The second-order valence-electron chi connectivity index (χ2n) is 4.66. The van der Waals surface area contributed by atoms with Gasteiger partial charge in [0, 0.05) is 17.9 Å². The molecule has 3 heteroatoms. The Kier molecular flexibility index (Phi) is 3.66. The molecule has 3 rings (SSSR count). The first-order valence-corrected chi connectivity index (χ1v) is 7.02. The Hall–Kier alpha value is -1.93. The van der Waals surface area contributed by atoms with Gasteiger partial charge in [0.25, 0.3) is 0 Å². The summed E-state index contributed by atoms with van der Waals surface area (Å²) in [6.45, 7) is 2.56. The van der Waals surface area contributed by atoms with E-state index in [1.165, 1.54) is 0 Å². The first-order chi connectivity index (χ1) is 9.76. The summed E-state index contributed by atoms with van der Waals surface area (Å²) in [5.41, 5.74) is 1.92. The Labute approximate surface area is 122 Å². The van der Waals surface area contributed by atoms with Crippen LogP contribution in [0.4, 0.5) is 0 Å². The van der Waals surface area contributed by atoms with E-state index in [9.17, 15) is 0 Å². The van der Waals surface area contributed by atoms with Crippen LogP contribution in [-0.2, 0) is 13.0 Å². The smallest absolute Gasteiger partial charge is 0.142 e. The Morgan fingerprint density at radius 2 is 1.90 bits per heavy atom. The van der Waals surface area contributed by atoms with Crippen LogP contribution in [0.1, 0.15) is 18.2 Å². The average molecular weight is 287 g/mol. The zero-order valence-electron chi connectivity index (χ0n) is 11.2. The van der Waals surface area contributed by atoms with Crippen molar-refractivity contribution < 1.29 is 9.15 Å². The minimum absolute atomic E-state index is 0.493. The van der Waals surface area contributed by atoms with Gasteiger partial charge in [-0.05, 0) is 17.7 Å². The van der Waals surface area contributed by atoms with Gasteiger partial charge in [-0.3, -0.25) is 0 Å². The molecule has 0 N–H and O–H groups in total. The van der Waals surface area contributed by atoms with Crippen molar-refractivity contribution in [1.82, 2.24) is 0 Å². The van der Waals surface area contributed by atoms with Gasteiger partial charge in [-0.25, -0.2) is 0 Å². The first kappa shape index (κ1) is 13.1. The Balaban J connectivity index is 1.85. The van der Waals surface area contributed by atoms with Crippen LogP contribution >= 0.6 is 11.6 Å². The van der Waals surface area contributed by atoms with Gasteiger partial charge in [0.05, 0.1) is 5.02 Å². The number of fused-ring (bicyclic) bond motifs is 1. The highest BCUT2D eigenvalue weighted by molar-refractivity contribution is 6.32. The molecule has 1 aromatic heterocycles. The molecule has 0 saturated heterocycles. The van der Waals surface area contributed by atoms with Gasteiger partial charge in [-0.2, -0.15) is 0 Å². The zero-order chi connectivity index (χ0) is 13.9. The third-order valence-corrected chi connectivity index (χ3v) is 3.50. The second-order valence-corrected chi connectivity index (χ2v) is 5.07. The average Bonchev–Trinajstić information content (AvgIpc) is 2.87. The van der Waals surface area contributed by atoms with Crippen LogP contribution in [0.5, 0.6) is 5.75 Å². The van der Waals surface area contributed by atoms with Crippen molar-refractivity contribution in [2.75, 3.05) is 0 Å². The Bertz CT molecular complexity index is 716. The maximum Gasteiger partial charge on any atom is 0.142 e. The third kappa shape index (κ3) is 2.66. The molecule has 0 aliphatic carbocycles. The van der Waals surface area contributed by atoms with Crippen molar-refractivity contribution in [1.29, 1.82) is 0 Å². The van der Waals surface area contributed by atoms with E-state index in [4.69, 9.17) is 20.8 Å². The number of hydrogen-bond donors (Lipinski definition) is 0. The molecule has 0 radical (unpaired) electrons. The summed E-state index contributed by atoms with van der Waals surface area (Å²) in [6.07, 6.45) is 0.868. The number of hydrogen-bond acceptors (Lipinski definition) is 2. The van der Waals surface area contributed by atoms with Gasteiger partial charge in [-0.15, -0.1) is 0 Å². The van der Waals surface area contributed by atoms with Crippen LogP contribution in [0.15, 0.2) is 52.9 Å². The van der Waals surface area contributed by atoms with E-state index >= 15 is 0 Å². The number of aryl methyl sites for hydroxylation is 1. The Morgan fingerprint density at radius 1 is 1.10 bits per heavy atom. The van der Waals surface area contributed by atoms with Crippen LogP contribution in [0.25, 0.3) is 11.0 Å². The third-order valence-electron chi connectivity index (χ3n) is 3.21. The van der Waals surface area contributed by atoms with E-state index in [2.05, 4.69) is 6.92 Å². The molecule has 3 aromatic rings. The van der Waals surface area contributed by atoms with Gasteiger partial charge in [0.2, 0.25) is 0 Å². The fourth-order valence-corrected chi connectivity index (χ4v) is 2.34. The van der Waals surface area contributed by atoms with Crippen molar-refractivity contribution in [2.24, 2.45) is 0 Å². The molecule has 1 heterocycles. The minimum Gasteiger partial charge on any atom is -0.487 e. The highest BCUT2D eigenvalue weighted by atomic mass is 35.5. The highest BCUT2D eigenvalue weighted by Gasteiger charge is 2.09. The summed E-state index contributed by atoms with van der Waals surface area (Å²) in [4.78, 5) is 0. The normalized spacial score (nSPS) is 10.9. The van der Waals surface area contributed by atoms with E-state index in [-0.39, 0.29) is 0 Å². The standard InChI is InChI=1S/C17H15ClO2/c1-2-14-8-13-9-15(18)17(10-16(13)20-14)19-11-12-6-4-3-5-7-12/h3-10H,2,11H2,1H3. The lowest BCUT2D eigenvalue weighted by molar-refractivity contribution is 0.306. The first-order valence-electron chi connectivity index (χ1n) is 6.65. The lowest BCUT2D eigenvalue weighted by Gasteiger charge is -2.08. The van der Waals surface area contributed by atoms with Gasteiger partial charge >= 0.3 is 0 Å². The molecule has 0 bridgehead atoms. The van der Waals surface area contributed by atoms with Crippen LogP contribution in [0.2, 0.25) is 5.02 Å². The van der Waals surface area contributed by atoms with Crippen LogP contribution in [0.3, 0.4) is 0 Å². The SMILES string of the molecule is CCc1cc2cc(Cl)c(OCc3ccccc3)cc2o1. The zero-order valence-corrected chi connectivity index (χ0v) is 12.0. The molecule has 0 spiro atoms. The molecule has 2 aromatic carbocycles. The maximum absolute atomic E-state index is 6.26. The van der Waals surface area contributed by atoms with Crippen LogP contribution in [0, 0.1) is 0 Å². The van der Waals surface area contributed by atoms with Gasteiger partial charge in [-0.1, -0.05) is 48.9 Å². The molecule has 20 heavy (non-hydrogen) atoms. The lowest BCUT2D eigenvalue weighted by atomic mass is 10.2. The fourth-order valence-electron chi connectivity index (χ4n) is 2.12. The van der Waals surface area contributed by atoms with E-state index in [1.807, 2.05) is 48.5 Å². The summed E-state index contributed by atoms with van der Waals surface area (Å²) >= 11 is 6.26. The van der Waals surface area contributed by atoms with Gasteiger partial charge in [0.15, 0.2) is 0 Å². The quantitative estimate of drug-likeness (QED) is 0.655. The monoisotopic (exact) mass is 286 g/mol. The number of rotatable bonds is 4. The molecule has 0 unspecified atom stereocenters. The van der Waals surface area contributed by atoms with E-state index in [0.29, 0.717) is 17.4 Å². The summed E-state index contributed by atoms with van der Waals surface area (Å²) in [5, 5.41) is 1.62. The van der Waals surface area contributed by atoms with Crippen molar-refractivity contribution in [3.63, 3.8) is 0 Å².